The van der Waals surface area contributed by atoms with E-state index in [4.69, 9.17) is 0 Å². The molecule has 112 valence electrons. The van der Waals surface area contributed by atoms with Crippen LogP contribution in [0.5, 0.6) is 0 Å². The first-order valence-corrected chi connectivity index (χ1v) is 7.45. The fourth-order valence-electron chi connectivity index (χ4n) is 2.66. The van der Waals surface area contributed by atoms with E-state index >= 15 is 0 Å². The van der Waals surface area contributed by atoms with Gasteiger partial charge in [0.2, 0.25) is 0 Å². The first-order chi connectivity index (χ1) is 9.58. The molecule has 0 aromatic heterocycles. The van der Waals surface area contributed by atoms with Crippen LogP contribution in [-0.2, 0) is 0 Å². The summed E-state index contributed by atoms with van der Waals surface area (Å²) >= 11 is 0. The van der Waals surface area contributed by atoms with E-state index in [9.17, 15) is 13.9 Å². The van der Waals surface area contributed by atoms with Gasteiger partial charge in [-0.3, -0.25) is 0 Å². The summed E-state index contributed by atoms with van der Waals surface area (Å²) in [4.78, 5) is 2.31. The fraction of sp³-hybridized carbons (Fsp3) is 0.625. The highest BCUT2D eigenvalue weighted by Crippen LogP contribution is 2.27. The maximum Gasteiger partial charge on any atom is 0.126 e. The SMILES string of the molecule is CCN(CCC(O)c1cc(F)cc(F)c1)CC1CCC1. The third-order valence-corrected chi connectivity index (χ3v) is 4.18. The molecule has 2 rings (SSSR count). The second-order valence-electron chi connectivity index (χ2n) is 5.70. The molecule has 1 saturated carbocycles. The van der Waals surface area contributed by atoms with Gasteiger partial charge in [0, 0.05) is 19.2 Å². The summed E-state index contributed by atoms with van der Waals surface area (Å²) in [5, 5.41) is 10.1. The number of aliphatic hydroxyl groups excluding tert-OH is 1. The van der Waals surface area contributed by atoms with Crippen molar-refractivity contribution in [3.05, 3.63) is 35.4 Å². The third-order valence-electron chi connectivity index (χ3n) is 4.18. The molecule has 0 aliphatic heterocycles. The molecule has 1 aromatic carbocycles. The van der Waals surface area contributed by atoms with Crippen molar-refractivity contribution in [2.45, 2.75) is 38.7 Å². The summed E-state index contributed by atoms with van der Waals surface area (Å²) in [5.41, 5.74) is 0.321. The summed E-state index contributed by atoms with van der Waals surface area (Å²) in [6, 6.07) is 3.23. The van der Waals surface area contributed by atoms with Gasteiger partial charge >= 0.3 is 0 Å². The van der Waals surface area contributed by atoms with Crippen LogP contribution in [0.25, 0.3) is 0 Å². The molecule has 2 nitrogen and oxygen atoms in total. The molecule has 0 heterocycles. The zero-order chi connectivity index (χ0) is 14.5. The molecule has 20 heavy (non-hydrogen) atoms. The van der Waals surface area contributed by atoms with Crippen molar-refractivity contribution in [1.29, 1.82) is 0 Å². The highest BCUT2D eigenvalue weighted by atomic mass is 19.1. The van der Waals surface area contributed by atoms with E-state index in [2.05, 4.69) is 11.8 Å². The second kappa shape index (κ2) is 7.14. The van der Waals surface area contributed by atoms with Crippen LogP contribution in [-0.4, -0.2) is 29.6 Å². The lowest BCUT2D eigenvalue weighted by atomic mass is 9.85. The quantitative estimate of drug-likeness (QED) is 0.827. The molecule has 1 aromatic rings. The number of halogens is 2. The Morgan fingerprint density at radius 2 is 1.90 bits per heavy atom. The van der Waals surface area contributed by atoms with Gasteiger partial charge in [0.05, 0.1) is 6.10 Å². The van der Waals surface area contributed by atoms with Crippen LogP contribution in [0.1, 0.15) is 44.3 Å². The predicted molar refractivity (Wildman–Crippen MR) is 75.4 cm³/mol. The number of hydrogen-bond donors (Lipinski definition) is 1. The molecule has 1 unspecified atom stereocenters. The number of nitrogens with zero attached hydrogens (tertiary/aromatic N) is 1. The average Bonchev–Trinajstić information content (AvgIpc) is 2.35. The molecule has 1 atom stereocenters. The molecule has 1 aliphatic carbocycles. The predicted octanol–water partition coefficient (Wildman–Crippen LogP) is 3.51. The molecule has 0 saturated heterocycles. The normalized spacial score (nSPS) is 17.2. The van der Waals surface area contributed by atoms with Crippen molar-refractivity contribution in [3.8, 4) is 0 Å². The van der Waals surface area contributed by atoms with E-state index in [1.165, 1.54) is 31.4 Å². The van der Waals surface area contributed by atoms with Gasteiger partial charge in [-0.2, -0.15) is 0 Å². The van der Waals surface area contributed by atoms with Gasteiger partial charge in [-0.05, 0) is 49.4 Å². The van der Waals surface area contributed by atoms with E-state index < -0.39 is 17.7 Å². The molecular formula is C16H23F2NO. The summed E-state index contributed by atoms with van der Waals surface area (Å²) in [6.45, 7) is 4.88. The minimum Gasteiger partial charge on any atom is -0.388 e. The molecule has 1 fully saturated rings. The van der Waals surface area contributed by atoms with Crippen LogP contribution in [0.3, 0.4) is 0 Å². The maximum absolute atomic E-state index is 13.1. The Kier molecular flexibility index (Phi) is 5.49. The van der Waals surface area contributed by atoms with Crippen LogP contribution in [0.2, 0.25) is 0 Å². The second-order valence-corrected chi connectivity index (χ2v) is 5.70. The van der Waals surface area contributed by atoms with Gasteiger partial charge in [-0.1, -0.05) is 13.3 Å². The van der Waals surface area contributed by atoms with Crippen molar-refractivity contribution >= 4 is 0 Å². The molecule has 1 N–H and O–H groups in total. The lowest BCUT2D eigenvalue weighted by Gasteiger charge is -2.32. The van der Waals surface area contributed by atoms with Gasteiger partial charge in [0.25, 0.3) is 0 Å². The van der Waals surface area contributed by atoms with Gasteiger partial charge in [0.15, 0.2) is 0 Å². The Balaban J connectivity index is 1.84. The van der Waals surface area contributed by atoms with Crippen molar-refractivity contribution < 1.29 is 13.9 Å². The van der Waals surface area contributed by atoms with Gasteiger partial charge in [0.1, 0.15) is 11.6 Å². The van der Waals surface area contributed by atoms with Gasteiger partial charge in [-0.25, -0.2) is 8.78 Å². The first-order valence-electron chi connectivity index (χ1n) is 7.45. The van der Waals surface area contributed by atoms with Crippen molar-refractivity contribution in [3.63, 3.8) is 0 Å². The van der Waals surface area contributed by atoms with E-state index in [1.54, 1.807) is 0 Å². The summed E-state index contributed by atoms with van der Waals surface area (Å²) in [5.74, 6) is -0.486. The molecule has 0 radical (unpaired) electrons. The Morgan fingerprint density at radius 1 is 1.25 bits per heavy atom. The van der Waals surface area contributed by atoms with E-state index in [0.717, 1.165) is 31.6 Å². The average molecular weight is 283 g/mol. The van der Waals surface area contributed by atoms with E-state index in [1.807, 2.05) is 0 Å². The lowest BCUT2D eigenvalue weighted by molar-refractivity contribution is 0.125. The van der Waals surface area contributed by atoms with Crippen molar-refractivity contribution in [2.75, 3.05) is 19.6 Å². The Labute approximate surface area is 119 Å². The Hall–Kier alpha value is -1.00. The van der Waals surface area contributed by atoms with Crippen LogP contribution < -0.4 is 0 Å². The zero-order valence-corrected chi connectivity index (χ0v) is 12.0. The van der Waals surface area contributed by atoms with Gasteiger partial charge < -0.3 is 10.0 Å². The summed E-state index contributed by atoms with van der Waals surface area (Å²) in [6.07, 6.45) is 3.62. The highest BCUT2D eigenvalue weighted by Gasteiger charge is 2.20. The van der Waals surface area contributed by atoms with E-state index in [0.29, 0.717) is 12.0 Å². The first kappa shape index (κ1) is 15.4. The largest absolute Gasteiger partial charge is 0.388 e. The van der Waals surface area contributed by atoms with Crippen LogP contribution in [0.4, 0.5) is 8.78 Å². The lowest BCUT2D eigenvalue weighted by Crippen LogP contribution is -2.33. The number of hydrogen-bond acceptors (Lipinski definition) is 2. The Morgan fingerprint density at radius 3 is 2.40 bits per heavy atom. The standard InChI is InChI=1S/C16H23F2NO/c1-2-19(11-12-4-3-5-12)7-6-16(20)13-8-14(17)10-15(18)9-13/h8-10,12,16,20H,2-7,11H2,1H3. The van der Waals surface area contributed by atoms with Crippen LogP contribution in [0, 0.1) is 17.6 Å². The molecule has 1 aliphatic rings. The van der Waals surface area contributed by atoms with E-state index in [-0.39, 0.29) is 0 Å². The minimum absolute atomic E-state index is 0.321. The minimum atomic E-state index is -0.810. The number of aliphatic hydroxyl groups is 1. The Bertz CT molecular complexity index is 414. The smallest absolute Gasteiger partial charge is 0.126 e. The maximum atomic E-state index is 13.1. The third kappa shape index (κ3) is 4.25. The zero-order valence-electron chi connectivity index (χ0n) is 12.0. The topological polar surface area (TPSA) is 23.5 Å². The molecule has 4 heteroatoms. The highest BCUT2D eigenvalue weighted by molar-refractivity contribution is 5.20. The van der Waals surface area contributed by atoms with Crippen LogP contribution in [0.15, 0.2) is 18.2 Å². The molecule has 0 spiro atoms. The monoisotopic (exact) mass is 283 g/mol. The summed E-state index contributed by atoms with van der Waals surface area (Å²) in [7, 11) is 0. The van der Waals surface area contributed by atoms with Gasteiger partial charge in [-0.15, -0.1) is 0 Å². The number of benzene rings is 1. The fourth-order valence-corrected chi connectivity index (χ4v) is 2.66. The van der Waals surface area contributed by atoms with Crippen LogP contribution >= 0.6 is 0 Å². The molecular weight excluding hydrogens is 260 g/mol. The van der Waals surface area contributed by atoms with Crippen molar-refractivity contribution in [2.24, 2.45) is 5.92 Å². The van der Waals surface area contributed by atoms with Crippen molar-refractivity contribution in [1.82, 2.24) is 4.90 Å². The molecule has 0 bridgehead atoms. The molecule has 0 amide bonds. The summed E-state index contributed by atoms with van der Waals surface area (Å²) < 4.78 is 26.2. The number of rotatable bonds is 7.